The van der Waals surface area contributed by atoms with Crippen LogP contribution < -0.4 is 0 Å². The quantitative estimate of drug-likeness (QED) is 0.791. The first-order valence-corrected chi connectivity index (χ1v) is 7.74. The largest absolute Gasteiger partial charge is 0.525 e. The SMILES string of the molecule is Cc1nn(C(C)C)c(C)c1C=C(F)B1OC(C)(C)C(C)(C)O1. The van der Waals surface area contributed by atoms with Crippen molar-refractivity contribution < 1.29 is 13.7 Å². The molecular weight excluding hydrogens is 282 g/mol. The standard InChI is InChI=1S/C16H26BFN2O2/c1-10(2)20-12(4)13(11(3)19-20)9-14(18)17-21-15(5,6)16(7,8)22-17/h9-10H,1-8H3. The molecule has 0 aliphatic carbocycles. The second-order valence-electron chi connectivity index (χ2n) is 7.24. The van der Waals surface area contributed by atoms with Crippen molar-refractivity contribution in [3.63, 3.8) is 0 Å². The molecule has 1 aromatic rings. The van der Waals surface area contributed by atoms with E-state index in [0.717, 1.165) is 17.0 Å². The van der Waals surface area contributed by atoms with Crippen molar-refractivity contribution in [3.05, 3.63) is 22.7 Å². The smallest absolute Gasteiger partial charge is 0.398 e. The molecule has 0 unspecified atom stereocenters. The summed E-state index contributed by atoms with van der Waals surface area (Å²) in [5.41, 5.74) is 1.02. The van der Waals surface area contributed by atoms with E-state index in [2.05, 4.69) is 18.9 Å². The predicted octanol–water partition coefficient (Wildman–Crippen LogP) is 4.02. The summed E-state index contributed by atoms with van der Waals surface area (Å²) in [5.74, 6) is 0. The molecule has 1 fully saturated rings. The van der Waals surface area contributed by atoms with Crippen LogP contribution in [0.4, 0.5) is 4.39 Å². The summed E-state index contributed by atoms with van der Waals surface area (Å²) >= 11 is 0. The van der Waals surface area contributed by atoms with Gasteiger partial charge in [0.1, 0.15) is 5.73 Å². The fourth-order valence-corrected chi connectivity index (χ4v) is 2.55. The van der Waals surface area contributed by atoms with Crippen molar-refractivity contribution in [1.82, 2.24) is 9.78 Å². The summed E-state index contributed by atoms with van der Waals surface area (Å²) in [7, 11) is -0.966. The maximum absolute atomic E-state index is 14.6. The van der Waals surface area contributed by atoms with Gasteiger partial charge in [0.25, 0.3) is 0 Å². The lowest BCUT2D eigenvalue weighted by Gasteiger charge is -2.32. The van der Waals surface area contributed by atoms with Gasteiger partial charge in [-0.15, -0.1) is 0 Å². The van der Waals surface area contributed by atoms with Gasteiger partial charge in [-0.05, 0) is 61.5 Å². The average molecular weight is 308 g/mol. The lowest BCUT2D eigenvalue weighted by atomic mass is 9.86. The third kappa shape index (κ3) is 2.86. The van der Waals surface area contributed by atoms with E-state index < -0.39 is 24.0 Å². The molecule has 1 aliphatic rings. The van der Waals surface area contributed by atoms with E-state index in [1.165, 1.54) is 6.08 Å². The molecule has 122 valence electrons. The van der Waals surface area contributed by atoms with Gasteiger partial charge in [0.2, 0.25) is 0 Å². The molecule has 0 N–H and O–H groups in total. The van der Waals surface area contributed by atoms with Crippen molar-refractivity contribution in [1.29, 1.82) is 0 Å². The van der Waals surface area contributed by atoms with E-state index in [1.54, 1.807) is 0 Å². The number of aryl methyl sites for hydroxylation is 1. The Morgan fingerprint density at radius 2 is 1.68 bits per heavy atom. The second kappa shape index (κ2) is 5.50. The highest BCUT2D eigenvalue weighted by molar-refractivity contribution is 6.54. The number of halogens is 1. The monoisotopic (exact) mass is 308 g/mol. The highest BCUT2D eigenvalue weighted by Crippen LogP contribution is 2.39. The van der Waals surface area contributed by atoms with Crippen LogP contribution in [0.2, 0.25) is 0 Å². The molecule has 1 saturated heterocycles. The first-order chi connectivity index (χ1) is 9.96. The topological polar surface area (TPSA) is 36.3 Å². The minimum atomic E-state index is -0.966. The van der Waals surface area contributed by atoms with Crippen LogP contribution in [0.25, 0.3) is 6.08 Å². The normalized spacial score (nSPS) is 21.0. The van der Waals surface area contributed by atoms with Gasteiger partial charge in [-0.25, -0.2) is 4.39 Å². The molecule has 2 rings (SSSR count). The van der Waals surface area contributed by atoms with Crippen molar-refractivity contribution in [2.24, 2.45) is 0 Å². The number of nitrogens with zero attached hydrogens (tertiary/aromatic N) is 2. The van der Waals surface area contributed by atoms with Crippen LogP contribution >= 0.6 is 0 Å². The van der Waals surface area contributed by atoms with E-state index in [-0.39, 0.29) is 6.04 Å². The molecule has 0 amide bonds. The van der Waals surface area contributed by atoms with Gasteiger partial charge in [0.15, 0.2) is 0 Å². The van der Waals surface area contributed by atoms with E-state index in [4.69, 9.17) is 9.31 Å². The fraction of sp³-hybridized carbons (Fsp3) is 0.688. The first kappa shape index (κ1) is 17.2. The Balaban J connectivity index is 2.32. The van der Waals surface area contributed by atoms with Gasteiger partial charge in [-0.1, -0.05) is 0 Å². The van der Waals surface area contributed by atoms with E-state index in [9.17, 15) is 4.39 Å². The molecular formula is C16H26BFN2O2. The van der Waals surface area contributed by atoms with Gasteiger partial charge < -0.3 is 9.31 Å². The number of hydrogen-bond acceptors (Lipinski definition) is 3. The molecule has 2 heterocycles. The van der Waals surface area contributed by atoms with Gasteiger partial charge in [0.05, 0.1) is 16.9 Å². The maximum Gasteiger partial charge on any atom is 0.525 e. The zero-order valence-corrected chi connectivity index (χ0v) is 14.8. The molecule has 0 saturated carbocycles. The van der Waals surface area contributed by atoms with Crippen LogP contribution in [0.5, 0.6) is 0 Å². The Labute approximate surface area is 132 Å². The van der Waals surface area contributed by atoms with Crippen molar-refractivity contribution in [2.75, 3.05) is 0 Å². The van der Waals surface area contributed by atoms with Gasteiger partial charge >= 0.3 is 7.12 Å². The lowest BCUT2D eigenvalue weighted by molar-refractivity contribution is 0.00578. The van der Waals surface area contributed by atoms with Crippen molar-refractivity contribution in [3.8, 4) is 0 Å². The Morgan fingerprint density at radius 3 is 2.09 bits per heavy atom. The minimum absolute atomic E-state index is 0.237. The van der Waals surface area contributed by atoms with Crippen LogP contribution in [0.15, 0.2) is 5.73 Å². The molecule has 0 aromatic carbocycles. The Morgan fingerprint density at radius 1 is 1.18 bits per heavy atom. The molecule has 1 aromatic heterocycles. The van der Waals surface area contributed by atoms with Crippen LogP contribution in [-0.4, -0.2) is 28.1 Å². The molecule has 1 aliphatic heterocycles. The van der Waals surface area contributed by atoms with Crippen LogP contribution in [0, 0.1) is 13.8 Å². The Kier molecular flexibility index (Phi) is 4.30. The Hall–Kier alpha value is -1.14. The zero-order valence-electron chi connectivity index (χ0n) is 14.8. The van der Waals surface area contributed by atoms with Crippen LogP contribution in [-0.2, 0) is 9.31 Å². The maximum atomic E-state index is 14.6. The highest BCUT2D eigenvalue weighted by Gasteiger charge is 2.53. The molecule has 0 bridgehead atoms. The molecule has 0 spiro atoms. The lowest BCUT2D eigenvalue weighted by Crippen LogP contribution is -2.41. The predicted molar refractivity (Wildman–Crippen MR) is 87.3 cm³/mol. The fourth-order valence-electron chi connectivity index (χ4n) is 2.55. The molecule has 0 atom stereocenters. The highest BCUT2D eigenvalue weighted by atomic mass is 19.1. The molecule has 4 nitrogen and oxygen atoms in total. The summed E-state index contributed by atoms with van der Waals surface area (Å²) in [5, 5.41) is 4.47. The number of aromatic nitrogens is 2. The second-order valence-corrected chi connectivity index (χ2v) is 7.24. The zero-order chi connectivity index (χ0) is 16.9. The summed E-state index contributed by atoms with van der Waals surface area (Å²) in [6.45, 7) is 15.6. The summed E-state index contributed by atoms with van der Waals surface area (Å²) in [6.07, 6.45) is 1.48. The Bertz CT molecular complexity index is 590. The summed E-state index contributed by atoms with van der Waals surface area (Å²) in [6, 6.07) is 0.237. The molecule has 22 heavy (non-hydrogen) atoms. The van der Waals surface area contributed by atoms with E-state index in [0.29, 0.717) is 0 Å². The molecule has 6 heteroatoms. The van der Waals surface area contributed by atoms with E-state index in [1.807, 2.05) is 46.2 Å². The number of hydrogen-bond donors (Lipinski definition) is 0. The number of rotatable bonds is 3. The first-order valence-electron chi connectivity index (χ1n) is 7.74. The third-order valence-corrected chi connectivity index (χ3v) is 4.63. The molecule has 0 radical (unpaired) electrons. The average Bonchev–Trinajstić information content (AvgIpc) is 2.76. The summed E-state index contributed by atoms with van der Waals surface area (Å²) in [4.78, 5) is 0. The van der Waals surface area contributed by atoms with Gasteiger partial charge in [-0.2, -0.15) is 5.10 Å². The minimum Gasteiger partial charge on any atom is -0.398 e. The summed E-state index contributed by atoms with van der Waals surface area (Å²) < 4.78 is 28.0. The van der Waals surface area contributed by atoms with Crippen LogP contribution in [0.3, 0.4) is 0 Å². The van der Waals surface area contributed by atoms with Gasteiger partial charge in [0, 0.05) is 17.3 Å². The van der Waals surface area contributed by atoms with Crippen molar-refractivity contribution >= 4 is 13.2 Å². The van der Waals surface area contributed by atoms with Crippen molar-refractivity contribution in [2.45, 2.75) is 72.6 Å². The van der Waals surface area contributed by atoms with E-state index >= 15 is 0 Å². The third-order valence-electron chi connectivity index (χ3n) is 4.63. The van der Waals surface area contributed by atoms with Gasteiger partial charge in [-0.3, -0.25) is 4.68 Å². The van der Waals surface area contributed by atoms with Crippen LogP contribution in [0.1, 0.15) is 64.5 Å².